The zero-order valence-corrected chi connectivity index (χ0v) is 17.4. The van der Waals surface area contributed by atoms with Crippen molar-refractivity contribution < 1.29 is 32.2 Å². The summed E-state index contributed by atoms with van der Waals surface area (Å²) in [7, 11) is 0. The molecule has 2 heterocycles. The molecule has 32 heavy (non-hydrogen) atoms. The first-order valence-electron chi connectivity index (χ1n) is 10.6. The summed E-state index contributed by atoms with van der Waals surface area (Å²) >= 11 is 0. The summed E-state index contributed by atoms with van der Waals surface area (Å²) in [6, 6.07) is 5.43. The second kappa shape index (κ2) is 9.05. The van der Waals surface area contributed by atoms with Gasteiger partial charge in [0.15, 0.2) is 0 Å². The third-order valence-electron chi connectivity index (χ3n) is 6.20. The molecule has 1 aliphatic heterocycles. The highest BCUT2D eigenvalue weighted by Gasteiger charge is 2.36. The van der Waals surface area contributed by atoms with Crippen LogP contribution in [0.3, 0.4) is 0 Å². The third-order valence-corrected chi connectivity index (χ3v) is 6.20. The predicted molar refractivity (Wildman–Crippen MR) is 108 cm³/mol. The zero-order chi connectivity index (χ0) is 22.9. The average Bonchev–Trinajstić information content (AvgIpc) is 3.23. The Balaban J connectivity index is 1.40. The molecule has 1 aromatic carbocycles. The van der Waals surface area contributed by atoms with E-state index < -0.39 is 29.4 Å². The van der Waals surface area contributed by atoms with Crippen LogP contribution in [0, 0.1) is 11.7 Å². The molecule has 172 valence electrons. The van der Waals surface area contributed by atoms with E-state index in [-0.39, 0.29) is 30.5 Å². The van der Waals surface area contributed by atoms with Gasteiger partial charge in [0.25, 0.3) is 0 Å². The normalized spacial score (nSPS) is 18.0. The van der Waals surface area contributed by atoms with E-state index in [9.17, 15) is 22.4 Å². The molecular formula is C23H24F4N2O3. The van der Waals surface area contributed by atoms with Gasteiger partial charge in [-0.1, -0.05) is 25.0 Å². The molecule has 2 aromatic rings. The first-order chi connectivity index (χ1) is 15.2. The molecule has 1 saturated carbocycles. The number of nitrogens with zero attached hydrogens (tertiary/aromatic N) is 2. The van der Waals surface area contributed by atoms with Crippen LogP contribution in [-0.2, 0) is 24.1 Å². The predicted octanol–water partition coefficient (Wildman–Crippen LogP) is 4.99. The lowest BCUT2D eigenvalue weighted by atomic mass is 9.91. The lowest BCUT2D eigenvalue weighted by Gasteiger charge is -2.36. The summed E-state index contributed by atoms with van der Waals surface area (Å²) in [4.78, 5) is 16.7. The number of pyridine rings is 1. The number of benzene rings is 1. The lowest BCUT2D eigenvalue weighted by Crippen LogP contribution is -2.49. The number of likely N-dealkylation sites (tertiary alicyclic amines) is 1. The Labute approximate surface area is 183 Å². The molecule has 1 aromatic heterocycles. The molecule has 2 aliphatic rings. The Kier molecular flexibility index (Phi) is 6.37. The van der Waals surface area contributed by atoms with Gasteiger partial charge in [-0.15, -0.1) is 0 Å². The smallest absolute Gasteiger partial charge is 0.416 e. The van der Waals surface area contributed by atoms with Crippen molar-refractivity contribution in [3.8, 4) is 5.75 Å². The standard InChI is InChI=1S/C23H24F4N2O3/c24-20-8-17(9-28-21(20)12-29-10-16(11-29)22(30)31)32-13-14-5-6-18(15-3-1-2-4-15)19(7-14)23(25,26)27/h5-9,15-16H,1-4,10-13H2,(H,30,31). The monoisotopic (exact) mass is 452 g/mol. The van der Waals surface area contributed by atoms with Crippen LogP contribution in [-0.4, -0.2) is 34.0 Å². The SMILES string of the molecule is O=C(O)C1CN(Cc2ncc(OCc3ccc(C4CCCC4)c(C(F)(F)F)c3)cc2F)C1. The Morgan fingerprint density at radius 2 is 1.91 bits per heavy atom. The summed E-state index contributed by atoms with van der Waals surface area (Å²) in [5, 5.41) is 8.90. The fraction of sp³-hybridized carbons (Fsp3) is 0.478. The summed E-state index contributed by atoms with van der Waals surface area (Å²) in [5.74, 6) is -1.86. The zero-order valence-electron chi connectivity index (χ0n) is 17.4. The van der Waals surface area contributed by atoms with Gasteiger partial charge in [-0.2, -0.15) is 13.2 Å². The average molecular weight is 452 g/mol. The molecule has 1 N–H and O–H groups in total. The van der Waals surface area contributed by atoms with Gasteiger partial charge >= 0.3 is 12.1 Å². The van der Waals surface area contributed by atoms with Crippen molar-refractivity contribution in [1.29, 1.82) is 0 Å². The molecule has 2 fully saturated rings. The molecule has 0 amide bonds. The molecule has 1 aliphatic carbocycles. The number of ether oxygens (including phenoxy) is 1. The number of aromatic nitrogens is 1. The second-order valence-electron chi connectivity index (χ2n) is 8.52. The third kappa shape index (κ3) is 5.03. The fourth-order valence-electron chi connectivity index (χ4n) is 4.41. The molecule has 9 heteroatoms. The first-order valence-corrected chi connectivity index (χ1v) is 10.6. The van der Waals surface area contributed by atoms with Crippen LogP contribution in [0.1, 0.15) is 54.0 Å². The highest BCUT2D eigenvalue weighted by atomic mass is 19.4. The van der Waals surface area contributed by atoms with Crippen molar-refractivity contribution in [3.05, 3.63) is 58.7 Å². The molecule has 0 spiro atoms. The van der Waals surface area contributed by atoms with E-state index in [2.05, 4.69) is 4.98 Å². The number of carboxylic acids is 1. The summed E-state index contributed by atoms with van der Waals surface area (Å²) in [6.45, 7) is 0.731. The van der Waals surface area contributed by atoms with Crippen LogP contribution < -0.4 is 4.74 Å². The quantitative estimate of drug-likeness (QED) is 0.600. The van der Waals surface area contributed by atoms with E-state index in [4.69, 9.17) is 9.84 Å². The van der Waals surface area contributed by atoms with Crippen molar-refractivity contribution in [2.24, 2.45) is 5.92 Å². The van der Waals surface area contributed by atoms with Crippen molar-refractivity contribution in [2.45, 2.75) is 50.9 Å². The van der Waals surface area contributed by atoms with Gasteiger partial charge in [0.05, 0.1) is 23.4 Å². The maximum Gasteiger partial charge on any atom is 0.416 e. The topological polar surface area (TPSA) is 62.7 Å². The second-order valence-corrected chi connectivity index (χ2v) is 8.52. The Hall–Kier alpha value is -2.68. The molecule has 0 radical (unpaired) electrons. The maximum atomic E-state index is 14.4. The maximum absolute atomic E-state index is 14.4. The fourth-order valence-corrected chi connectivity index (χ4v) is 4.41. The molecule has 1 saturated heterocycles. The number of carbonyl (C=O) groups is 1. The van der Waals surface area contributed by atoms with Gasteiger partial charge in [0.1, 0.15) is 18.2 Å². The summed E-state index contributed by atoms with van der Waals surface area (Å²) < 4.78 is 60.7. The van der Waals surface area contributed by atoms with Crippen LogP contribution in [0.5, 0.6) is 5.75 Å². The number of alkyl halides is 3. The van der Waals surface area contributed by atoms with Crippen LogP contribution >= 0.6 is 0 Å². The van der Waals surface area contributed by atoms with Gasteiger partial charge in [-0.05, 0) is 36.0 Å². The lowest BCUT2D eigenvalue weighted by molar-refractivity contribution is -0.147. The molecule has 0 unspecified atom stereocenters. The largest absolute Gasteiger partial charge is 0.487 e. The number of rotatable bonds is 7. The number of aliphatic carboxylic acids is 1. The number of halogens is 4. The Bertz CT molecular complexity index is 984. The minimum Gasteiger partial charge on any atom is -0.487 e. The first kappa shape index (κ1) is 22.5. The van der Waals surface area contributed by atoms with E-state index >= 15 is 0 Å². The number of carboxylic acid groups (broad SMARTS) is 1. The molecule has 5 nitrogen and oxygen atoms in total. The summed E-state index contributed by atoms with van der Waals surface area (Å²) in [5.41, 5.74) is 0.233. The van der Waals surface area contributed by atoms with E-state index in [1.165, 1.54) is 12.3 Å². The molecule has 4 rings (SSSR count). The van der Waals surface area contributed by atoms with Gasteiger partial charge in [-0.25, -0.2) is 4.39 Å². The van der Waals surface area contributed by atoms with E-state index in [1.54, 1.807) is 11.0 Å². The highest BCUT2D eigenvalue weighted by molar-refractivity contribution is 5.71. The minimum atomic E-state index is -4.44. The molecule has 0 atom stereocenters. The number of hydrogen-bond donors (Lipinski definition) is 1. The van der Waals surface area contributed by atoms with Crippen LogP contribution in [0.4, 0.5) is 17.6 Å². The van der Waals surface area contributed by atoms with Crippen molar-refractivity contribution >= 4 is 5.97 Å². The van der Waals surface area contributed by atoms with Gasteiger partial charge in [0.2, 0.25) is 0 Å². The van der Waals surface area contributed by atoms with Gasteiger partial charge in [-0.3, -0.25) is 14.7 Å². The van der Waals surface area contributed by atoms with E-state index in [0.717, 1.165) is 37.8 Å². The van der Waals surface area contributed by atoms with Crippen molar-refractivity contribution in [2.75, 3.05) is 13.1 Å². The highest BCUT2D eigenvalue weighted by Crippen LogP contribution is 2.42. The Morgan fingerprint density at radius 3 is 2.53 bits per heavy atom. The molecule has 0 bridgehead atoms. The van der Waals surface area contributed by atoms with E-state index in [1.807, 2.05) is 0 Å². The van der Waals surface area contributed by atoms with Gasteiger partial charge in [0, 0.05) is 25.7 Å². The summed E-state index contributed by atoms with van der Waals surface area (Å²) in [6.07, 6.45) is 0.304. The van der Waals surface area contributed by atoms with Crippen molar-refractivity contribution in [1.82, 2.24) is 9.88 Å². The van der Waals surface area contributed by atoms with Crippen molar-refractivity contribution in [3.63, 3.8) is 0 Å². The van der Waals surface area contributed by atoms with E-state index in [0.29, 0.717) is 24.2 Å². The minimum absolute atomic E-state index is 0.0652. The Morgan fingerprint density at radius 1 is 1.19 bits per heavy atom. The van der Waals surface area contributed by atoms with Crippen LogP contribution in [0.15, 0.2) is 30.5 Å². The van der Waals surface area contributed by atoms with Crippen LogP contribution in [0.25, 0.3) is 0 Å². The number of hydrogen-bond acceptors (Lipinski definition) is 4. The molecular weight excluding hydrogens is 428 g/mol. The van der Waals surface area contributed by atoms with Crippen LogP contribution in [0.2, 0.25) is 0 Å². The van der Waals surface area contributed by atoms with Gasteiger partial charge < -0.3 is 9.84 Å².